The zero-order valence-electron chi connectivity index (χ0n) is 18.2. The van der Waals surface area contributed by atoms with Gasteiger partial charge in [-0.2, -0.15) is 26.3 Å². The molecule has 0 spiro atoms. The first-order valence-corrected chi connectivity index (χ1v) is 12.1. The molecule has 35 heavy (non-hydrogen) atoms. The summed E-state index contributed by atoms with van der Waals surface area (Å²) in [4.78, 5) is 12.1. The topological polar surface area (TPSA) is 87.3 Å². The van der Waals surface area contributed by atoms with Crippen LogP contribution >= 0.6 is 0 Å². The van der Waals surface area contributed by atoms with Crippen molar-refractivity contribution in [3.05, 3.63) is 48.5 Å². The third kappa shape index (κ3) is 7.59. The molecule has 2 atom stereocenters. The Labute approximate surface area is 198 Å². The maximum absolute atomic E-state index is 13.1. The average Bonchev–Trinajstić information content (AvgIpc) is 2.77. The van der Waals surface area contributed by atoms with Gasteiger partial charge in [0, 0.05) is 11.6 Å². The molecule has 0 aliphatic heterocycles. The van der Waals surface area contributed by atoms with Crippen LogP contribution in [0.5, 0.6) is 0 Å². The summed E-state index contributed by atoms with van der Waals surface area (Å²) in [6.07, 6.45) is -8.81. The van der Waals surface area contributed by atoms with Gasteiger partial charge in [0.15, 0.2) is 0 Å². The van der Waals surface area contributed by atoms with Gasteiger partial charge in [-0.1, -0.05) is 42.8 Å². The van der Waals surface area contributed by atoms with Crippen LogP contribution < -0.4 is 15.4 Å². The lowest BCUT2D eigenvalue weighted by Gasteiger charge is -2.31. The maximum atomic E-state index is 13.1. The second-order valence-corrected chi connectivity index (χ2v) is 9.98. The second-order valence-electron chi connectivity index (χ2n) is 8.21. The molecule has 0 bridgehead atoms. The van der Waals surface area contributed by atoms with Crippen LogP contribution in [-0.4, -0.2) is 39.4 Å². The third-order valence-electron chi connectivity index (χ3n) is 5.57. The second kappa shape index (κ2) is 10.4. The minimum atomic E-state index is -4.77. The van der Waals surface area contributed by atoms with Gasteiger partial charge in [-0.05, 0) is 37.0 Å². The molecule has 6 nitrogen and oxygen atoms in total. The number of benzene rings is 2. The van der Waals surface area contributed by atoms with Gasteiger partial charge < -0.3 is 10.6 Å². The summed E-state index contributed by atoms with van der Waals surface area (Å²) in [5.41, 5.74) is 0.906. The van der Waals surface area contributed by atoms with Crippen molar-refractivity contribution < 1.29 is 39.6 Å². The van der Waals surface area contributed by atoms with Gasteiger partial charge in [-0.25, -0.2) is 17.9 Å². The standard InChI is InChI=1S/C22H23F6N3O3S/c23-21(24,25)13-29-35(33,34)17-9-10-18(14-5-2-1-3-6-14)19(12-17)31-20(32)30-16-8-4-7-15(11-16)22(26,27)28/h1-3,5-6,9-10,12,15-16,29H,4,7-8,11,13H2,(H2,30,31,32). The highest BCUT2D eigenvalue weighted by Gasteiger charge is 2.42. The van der Waals surface area contributed by atoms with E-state index in [4.69, 9.17) is 0 Å². The Balaban J connectivity index is 1.84. The number of carbonyl (C=O) groups excluding carboxylic acids is 1. The number of sulfonamides is 1. The summed E-state index contributed by atoms with van der Waals surface area (Å²) in [5, 5.41) is 4.94. The third-order valence-corrected chi connectivity index (χ3v) is 6.97. The minimum absolute atomic E-state index is 0.0215. The first-order valence-electron chi connectivity index (χ1n) is 10.6. The molecular weight excluding hydrogens is 500 g/mol. The minimum Gasteiger partial charge on any atom is -0.335 e. The molecule has 0 saturated heterocycles. The smallest absolute Gasteiger partial charge is 0.335 e. The molecular formula is C22H23F6N3O3S. The number of anilines is 1. The normalized spacial score (nSPS) is 19.3. The summed E-state index contributed by atoms with van der Waals surface area (Å²) in [6.45, 7) is -1.78. The van der Waals surface area contributed by atoms with E-state index in [2.05, 4.69) is 10.6 Å². The summed E-state index contributed by atoms with van der Waals surface area (Å²) >= 11 is 0. The molecule has 3 N–H and O–H groups in total. The number of hydrogen-bond acceptors (Lipinski definition) is 3. The van der Waals surface area contributed by atoms with Crippen molar-refractivity contribution in [2.45, 2.75) is 49.0 Å². The molecule has 3 rings (SSSR count). The van der Waals surface area contributed by atoms with Crippen LogP contribution in [0.25, 0.3) is 11.1 Å². The van der Waals surface area contributed by atoms with E-state index < -0.39 is 51.8 Å². The van der Waals surface area contributed by atoms with Crippen molar-refractivity contribution in [3.63, 3.8) is 0 Å². The Morgan fingerprint density at radius 3 is 2.29 bits per heavy atom. The van der Waals surface area contributed by atoms with Crippen molar-refractivity contribution in [2.24, 2.45) is 5.92 Å². The fraction of sp³-hybridized carbons (Fsp3) is 0.409. The Hall–Kier alpha value is -2.80. The Bertz CT molecular complexity index is 1140. The number of rotatable bonds is 6. The fourth-order valence-corrected chi connectivity index (χ4v) is 4.93. The Morgan fingerprint density at radius 1 is 0.971 bits per heavy atom. The van der Waals surface area contributed by atoms with E-state index in [1.54, 1.807) is 30.3 Å². The van der Waals surface area contributed by atoms with E-state index in [0.29, 0.717) is 17.5 Å². The predicted octanol–water partition coefficient (Wildman–Crippen LogP) is 5.44. The van der Waals surface area contributed by atoms with Gasteiger partial charge in [-0.15, -0.1) is 0 Å². The molecule has 0 radical (unpaired) electrons. The van der Waals surface area contributed by atoms with E-state index in [1.807, 2.05) is 0 Å². The summed E-state index contributed by atoms with van der Waals surface area (Å²) in [5.74, 6) is -1.53. The quantitative estimate of drug-likeness (QED) is 0.441. The molecule has 0 aromatic heterocycles. The maximum Gasteiger partial charge on any atom is 0.402 e. The number of carbonyl (C=O) groups is 1. The van der Waals surface area contributed by atoms with Gasteiger partial charge in [0.25, 0.3) is 0 Å². The molecule has 13 heteroatoms. The highest BCUT2D eigenvalue weighted by molar-refractivity contribution is 7.89. The number of halogens is 6. The molecule has 2 unspecified atom stereocenters. The van der Waals surface area contributed by atoms with Gasteiger partial charge in [0.05, 0.1) is 16.5 Å². The molecule has 2 aromatic carbocycles. The highest BCUT2D eigenvalue weighted by Crippen LogP contribution is 2.37. The zero-order chi connectivity index (χ0) is 25.9. The van der Waals surface area contributed by atoms with E-state index >= 15 is 0 Å². The highest BCUT2D eigenvalue weighted by atomic mass is 32.2. The fourth-order valence-electron chi connectivity index (χ4n) is 3.89. The molecule has 2 aromatic rings. The molecule has 1 aliphatic rings. The lowest BCUT2D eigenvalue weighted by Crippen LogP contribution is -2.43. The van der Waals surface area contributed by atoms with Crippen molar-refractivity contribution in [1.29, 1.82) is 0 Å². The van der Waals surface area contributed by atoms with Gasteiger partial charge in [0.1, 0.15) is 6.54 Å². The number of hydrogen-bond donors (Lipinski definition) is 3. The van der Waals surface area contributed by atoms with Crippen LogP contribution in [-0.2, 0) is 10.0 Å². The molecule has 1 fully saturated rings. The molecule has 192 valence electrons. The van der Waals surface area contributed by atoms with Crippen LogP contribution in [0.3, 0.4) is 0 Å². The SMILES string of the molecule is O=C(Nc1cc(S(=O)(=O)NCC(F)(F)F)ccc1-c1ccccc1)NC1CCCC(C(F)(F)F)C1. The van der Waals surface area contributed by atoms with Crippen LogP contribution in [0.1, 0.15) is 25.7 Å². The van der Waals surface area contributed by atoms with Gasteiger partial charge in [-0.3, -0.25) is 0 Å². The molecule has 0 heterocycles. The summed E-state index contributed by atoms with van der Waals surface area (Å²) in [6, 6.07) is 10.3. The largest absolute Gasteiger partial charge is 0.402 e. The van der Waals surface area contributed by atoms with E-state index in [1.165, 1.54) is 10.8 Å². The van der Waals surface area contributed by atoms with Gasteiger partial charge >= 0.3 is 18.4 Å². The van der Waals surface area contributed by atoms with Crippen LogP contribution in [0, 0.1) is 5.92 Å². The van der Waals surface area contributed by atoms with Crippen LogP contribution in [0.15, 0.2) is 53.4 Å². The van der Waals surface area contributed by atoms with E-state index in [0.717, 1.165) is 12.1 Å². The number of alkyl halides is 6. The van der Waals surface area contributed by atoms with Crippen molar-refractivity contribution in [3.8, 4) is 11.1 Å². The lowest BCUT2D eigenvalue weighted by molar-refractivity contribution is -0.183. The average molecular weight is 523 g/mol. The molecule has 1 saturated carbocycles. The number of amides is 2. The summed E-state index contributed by atoms with van der Waals surface area (Å²) < 4.78 is 103. The predicted molar refractivity (Wildman–Crippen MR) is 117 cm³/mol. The van der Waals surface area contributed by atoms with Crippen molar-refractivity contribution in [2.75, 3.05) is 11.9 Å². The Morgan fingerprint density at radius 2 is 1.66 bits per heavy atom. The van der Waals surface area contributed by atoms with Crippen LogP contribution in [0.4, 0.5) is 36.8 Å². The van der Waals surface area contributed by atoms with E-state index in [-0.39, 0.29) is 24.9 Å². The molecule has 2 amide bonds. The number of urea groups is 1. The van der Waals surface area contributed by atoms with E-state index in [9.17, 15) is 39.6 Å². The monoisotopic (exact) mass is 523 g/mol. The summed E-state index contributed by atoms with van der Waals surface area (Å²) in [7, 11) is -4.57. The first-order chi connectivity index (χ1) is 16.2. The molecule has 1 aliphatic carbocycles. The first kappa shape index (κ1) is 26.8. The van der Waals surface area contributed by atoms with Crippen molar-refractivity contribution >= 4 is 21.7 Å². The van der Waals surface area contributed by atoms with Gasteiger partial charge in [0.2, 0.25) is 10.0 Å². The number of nitrogens with one attached hydrogen (secondary N) is 3. The van der Waals surface area contributed by atoms with Crippen molar-refractivity contribution in [1.82, 2.24) is 10.0 Å². The zero-order valence-corrected chi connectivity index (χ0v) is 19.0. The lowest BCUT2D eigenvalue weighted by atomic mass is 9.85. The van der Waals surface area contributed by atoms with Crippen LogP contribution in [0.2, 0.25) is 0 Å². The Kier molecular flexibility index (Phi) is 8.00.